The fourth-order valence-electron chi connectivity index (χ4n) is 2.84. The molecule has 1 fully saturated rings. The van der Waals surface area contributed by atoms with Gasteiger partial charge < -0.3 is 15.3 Å². The molecule has 0 spiro atoms. The lowest BCUT2D eigenvalue weighted by atomic mass is 9.92. The molecule has 2 N–H and O–H groups in total. The maximum atomic E-state index is 12.5. The molecule has 0 bridgehead atoms. The van der Waals surface area contributed by atoms with Crippen molar-refractivity contribution in [3.05, 3.63) is 47.3 Å². The van der Waals surface area contributed by atoms with Crippen molar-refractivity contribution in [2.24, 2.45) is 0 Å². The number of rotatable bonds is 2. The van der Waals surface area contributed by atoms with E-state index >= 15 is 0 Å². The molecule has 4 nitrogen and oxygen atoms in total. The lowest BCUT2D eigenvalue weighted by Crippen LogP contribution is -2.47. The summed E-state index contributed by atoms with van der Waals surface area (Å²) in [4.78, 5) is 14.5. The summed E-state index contributed by atoms with van der Waals surface area (Å²) >= 11 is 0. The zero-order chi connectivity index (χ0) is 13.5. The molecule has 1 aromatic carbocycles. The Morgan fingerprint density at radius 3 is 2.84 bits per heavy atom. The number of ketones is 1. The quantitative estimate of drug-likeness (QED) is 0.789. The molecular formula is C15H18N2O2. The zero-order valence-electron chi connectivity index (χ0n) is 11.0. The minimum atomic E-state index is -0.848. The van der Waals surface area contributed by atoms with Crippen LogP contribution in [0.5, 0.6) is 0 Å². The second kappa shape index (κ2) is 4.38. The highest BCUT2D eigenvalue weighted by Gasteiger charge is 2.40. The lowest BCUT2D eigenvalue weighted by Gasteiger charge is -2.40. The summed E-state index contributed by atoms with van der Waals surface area (Å²) in [7, 11) is 0. The summed E-state index contributed by atoms with van der Waals surface area (Å²) < 4.78 is 0. The van der Waals surface area contributed by atoms with Gasteiger partial charge in [-0.2, -0.15) is 0 Å². The van der Waals surface area contributed by atoms with E-state index in [1.807, 2.05) is 42.2 Å². The van der Waals surface area contributed by atoms with Crippen LogP contribution in [0.1, 0.15) is 30.1 Å². The SMILES string of the molecule is C[C@@]1(O)CCC(C(=O)c2ccccc2)=C2NCCN21. The van der Waals surface area contributed by atoms with Gasteiger partial charge in [-0.1, -0.05) is 30.3 Å². The summed E-state index contributed by atoms with van der Waals surface area (Å²) in [6.07, 6.45) is 1.20. The first-order valence-corrected chi connectivity index (χ1v) is 6.66. The highest BCUT2D eigenvalue weighted by Crippen LogP contribution is 2.34. The second-order valence-corrected chi connectivity index (χ2v) is 5.32. The Labute approximate surface area is 112 Å². The second-order valence-electron chi connectivity index (χ2n) is 5.32. The van der Waals surface area contributed by atoms with Crippen molar-refractivity contribution in [2.45, 2.75) is 25.5 Å². The summed E-state index contributed by atoms with van der Waals surface area (Å²) in [6.45, 7) is 3.33. The number of allylic oxidation sites excluding steroid dienone is 1. The average Bonchev–Trinajstić information content (AvgIpc) is 2.90. The van der Waals surface area contributed by atoms with Crippen molar-refractivity contribution < 1.29 is 9.90 Å². The molecule has 1 saturated heterocycles. The molecule has 4 heteroatoms. The van der Waals surface area contributed by atoms with Gasteiger partial charge in [0.25, 0.3) is 0 Å². The van der Waals surface area contributed by atoms with Crippen LogP contribution in [0.3, 0.4) is 0 Å². The van der Waals surface area contributed by atoms with Crippen molar-refractivity contribution in [3.8, 4) is 0 Å². The number of aliphatic hydroxyl groups is 1. The third-order valence-corrected chi connectivity index (χ3v) is 3.92. The molecule has 0 radical (unpaired) electrons. The molecule has 0 aromatic heterocycles. The molecule has 2 aliphatic rings. The van der Waals surface area contributed by atoms with Crippen LogP contribution in [0.25, 0.3) is 0 Å². The van der Waals surface area contributed by atoms with Gasteiger partial charge in [-0.05, 0) is 19.8 Å². The number of hydrogen-bond acceptors (Lipinski definition) is 4. The Morgan fingerprint density at radius 2 is 2.11 bits per heavy atom. The van der Waals surface area contributed by atoms with Crippen LogP contribution in [0.2, 0.25) is 0 Å². The molecule has 0 unspecified atom stereocenters. The van der Waals surface area contributed by atoms with Crippen molar-refractivity contribution in [2.75, 3.05) is 13.1 Å². The molecule has 1 atom stereocenters. The summed E-state index contributed by atoms with van der Waals surface area (Å²) in [5.74, 6) is 0.871. The monoisotopic (exact) mass is 258 g/mol. The fourth-order valence-corrected chi connectivity index (χ4v) is 2.84. The van der Waals surface area contributed by atoms with Crippen LogP contribution in [0.4, 0.5) is 0 Å². The molecule has 0 saturated carbocycles. The number of hydrogen-bond donors (Lipinski definition) is 2. The van der Waals surface area contributed by atoms with E-state index in [1.165, 1.54) is 0 Å². The van der Waals surface area contributed by atoms with Gasteiger partial charge in [0.05, 0.1) is 0 Å². The van der Waals surface area contributed by atoms with Gasteiger partial charge in [0.15, 0.2) is 5.78 Å². The molecule has 0 amide bonds. The molecular weight excluding hydrogens is 240 g/mol. The third kappa shape index (κ3) is 2.02. The Morgan fingerprint density at radius 1 is 1.37 bits per heavy atom. The van der Waals surface area contributed by atoms with E-state index in [-0.39, 0.29) is 5.78 Å². The third-order valence-electron chi connectivity index (χ3n) is 3.92. The molecule has 100 valence electrons. The van der Waals surface area contributed by atoms with Crippen LogP contribution < -0.4 is 5.32 Å². The van der Waals surface area contributed by atoms with Gasteiger partial charge in [0, 0.05) is 24.2 Å². The Hall–Kier alpha value is -1.81. The van der Waals surface area contributed by atoms with Crippen LogP contribution >= 0.6 is 0 Å². The first-order valence-electron chi connectivity index (χ1n) is 6.66. The van der Waals surface area contributed by atoms with Crippen molar-refractivity contribution in [3.63, 3.8) is 0 Å². The van der Waals surface area contributed by atoms with Crippen molar-refractivity contribution in [1.29, 1.82) is 0 Å². The number of fused-ring (bicyclic) bond motifs is 1. The first-order chi connectivity index (χ1) is 9.09. The maximum absolute atomic E-state index is 12.5. The van der Waals surface area contributed by atoms with Gasteiger partial charge in [-0.15, -0.1) is 0 Å². The van der Waals surface area contributed by atoms with Crippen LogP contribution in [-0.2, 0) is 0 Å². The number of carbonyl (C=O) groups is 1. The number of nitrogens with zero attached hydrogens (tertiary/aromatic N) is 1. The van der Waals surface area contributed by atoms with Crippen LogP contribution in [0, 0.1) is 0 Å². The number of benzene rings is 1. The van der Waals surface area contributed by atoms with E-state index in [0.29, 0.717) is 18.4 Å². The molecule has 0 aliphatic carbocycles. The number of nitrogens with one attached hydrogen (secondary N) is 1. The number of carbonyl (C=O) groups excluding carboxylic acids is 1. The molecule has 19 heavy (non-hydrogen) atoms. The Balaban J connectivity index is 1.99. The summed E-state index contributed by atoms with van der Waals surface area (Å²) in [5.41, 5.74) is 0.648. The highest BCUT2D eigenvalue weighted by atomic mass is 16.3. The fraction of sp³-hybridized carbons (Fsp3) is 0.400. The minimum absolute atomic E-state index is 0.0606. The normalized spacial score (nSPS) is 26.1. The van der Waals surface area contributed by atoms with Gasteiger partial charge in [0.1, 0.15) is 11.5 Å². The van der Waals surface area contributed by atoms with Gasteiger partial charge >= 0.3 is 0 Å². The summed E-state index contributed by atoms with van der Waals surface area (Å²) in [5, 5.41) is 13.6. The van der Waals surface area contributed by atoms with Crippen molar-refractivity contribution >= 4 is 5.78 Å². The average molecular weight is 258 g/mol. The Kier molecular flexibility index (Phi) is 2.82. The van der Waals surface area contributed by atoms with E-state index in [0.717, 1.165) is 24.5 Å². The smallest absolute Gasteiger partial charge is 0.192 e. The van der Waals surface area contributed by atoms with Gasteiger partial charge in [0.2, 0.25) is 0 Å². The van der Waals surface area contributed by atoms with E-state index in [4.69, 9.17) is 0 Å². The van der Waals surface area contributed by atoms with E-state index < -0.39 is 5.72 Å². The van der Waals surface area contributed by atoms with Crippen molar-refractivity contribution in [1.82, 2.24) is 10.2 Å². The topological polar surface area (TPSA) is 52.6 Å². The number of Topliss-reactive ketones (excluding diaryl/α,β-unsaturated/α-hetero) is 1. The standard InChI is InChI=1S/C15H18N2O2/c1-15(19)8-7-12(14-16-9-10-17(14)15)13(18)11-5-3-2-4-6-11/h2-6,16,19H,7-10H2,1H3/t15-/m1/s1. The van der Waals surface area contributed by atoms with E-state index in [2.05, 4.69) is 5.32 Å². The van der Waals surface area contributed by atoms with Gasteiger partial charge in [-0.3, -0.25) is 4.79 Å². The molecule has 1 aromatic rings. The minimum Gasteiger partial charge on any atom is -0.371 e. The van der Waals surface area contributed by atoms with E-state index in [9.17, 15) is 9.90 Å². The summed E-state index contributed by atoms with van der Waals surface area (Å²) in [6, 6.07) is 9.32. The van der Waals surface area contributed by atoms with Gasteiger partial charge in [-0.25, -0.2) is 0 Å². The lowest BCUT2D eigenvalue weighted by molar-refractivity contribution is -0.0788. The first kappa shape index (κ1) is 12.2. The maximum Gasteiger partial charge on any atom is 0.192 e. The largest absolute Gasteiger partial charge is 0.371 e. The van der Waals surface area contributed by atoms with Crippen LogP contribution in [-0.4, -0.2) is 34.6 Å². The molecule has 3 rings (SSSR count). The highest BCUT2D eigenvalue weighted by molar-refractivity contribution is 6.09. The van der Waals surface area contributed by atoms with E-state index in [1.54, 1.807) is 0 Å². The Bertz CT molecular complexity index is 534. The zero-order valence-corrected chi connectivity index (χ0v) is 11.0. The predicted molar refractivity (Wildman–Crippen MR) is 72.4 cm³/mol. The van der Waals surface area contributed by atoms with Crippen LogP contribution in [0.15, 0.2) is 41.7 Å². The molecule has 2 aliphatic heterocycles. The molecule has 2 heterocycles. The predicted octanol–water partition coefficient (Wildman–Crippen LogP) is 1.49.